The molecule has 1 aliphatic heterocycles. The molecule has 0 aliphatic carbocycles. The number of nitrogens with zero attached hydrogens (tertiary/aromatic N) is 2. The summed E-state index contributed by atoms with van der Waals surface area (Å²) < 4.78 is 0. The number of aliphatic hydroxyl groups is 1. The highest BCUT2D eigenvalue weighted by Crippen LogP contribution is 2.26. The molecule has 0 saturated carbocycles. The van der Waals surface area contributed by atoms with E-state index in [0.717, 1.165) is 37.2 Å². The van der Waals surface area contributed by atoms with Crippen molar-refractivity contribution in [2.45, 2.75) is 25.9 Å². The quantitative estimate of drug-likeness (QED) is 0.628. The highest BCUT2D eigenvalue weighted by molar-refractivity contribution is 5.55. The van der Waals surface area contributed by atoms with Gasteiger partial charge in [0.2, 0.25) is 0 Å². The van der Waals surface area contributed by atoms with Crippen LogP contribution in [0.3, 0.4) is 0 Å². The minimum atomic E-state index is -0.366. The molecule has 5 nitrogen and oxygen atoms in total. The van der Waals surface area contributed by atoms with E-state index in [0.29, 0.717) is 0 Å². The van der Waals surface area contributed by atoms with Crippen molar-refractivity contribution >= 4 is 11.4 Å². The van der Waals surface area contributed by atoms with E-state index >= 15 is 0 Å². The van der Waals surface area contributed by atoms with E-state index in [9.17, 15) is 15.2 Å². The summed E-state index contributed by atoms with van der Waals surface area (Å²) in [4.78, 5) is 12.5. The number of rotatable bonds is 2. The lowest BCUT2D eigenvalue weighted by Crippen LogP contribution is -2.35. The molecule has 1 aromatic rings. The summed E-state index contributed by atoms with van der Waals surface area (Å²) in [7, 11) is 0. The number of hydrogen-bond acceptors (Lipinski definition) is 4. The molecule has 1 N–H and O–H groups in total. The molecule has 0 amide bonds. The van der Waals surface area contributed by atoms with Crippen molar-refractivity contribution in [1.82, 2.24) is 0 Å². The van der Waals surface area contributed by atoms with Gasteiger partial charge >= 0.3 is 0 Å². The largest absolute Gasteiger partial charge is 0.393 e. The van der Waals surface area contributed by atoms with Gasteiger partial charge in [-0.1, -0.05) is 0 Å². The van der Waals surface area contributed by atoms with Gasteiger partial charge in [0.05, 0.1) is 11.0 Å². The van der Waals surface area contributed by atoms with Crippen LogP contribution >= 0.6 is 0 Å². The van der Waals surface area contributed by atoms with Gasteiger partial charge in [0.25, 0.3) is 5.69 Å². The predicted octanol–water partition coefficient (Wildman–Crippen LogP) is 1.86. The van der Waals surface area contributed by atoms with Crippen LogP contribution in [0, 0.1) is 17.0 Å². The van der Waals surface area contributed by atoms with Gasteiger partial charge in [-0.15, -0.1) is 0 Å². The summed E-state index contributed by atoms with van der Waals surface area (Å²) in [6.07, 6.45) is 1.22. The first-order valence-corrected chi connectivity index (χ1v) is 5.75. The summed E-state index contributed by atoms with van der Waals surface area (Å²) in [5.41, 5.74) is 1.90. The highest BCUT2D eigenvalue weighted by atomic mass is 16.6. The maximum Gasteiger partial charge on any atom is 0.271 e. The second-order valence-corrected chi connectivity index (χ2v) is 4.50. The normalized spacial score (nSPS) is 17.2. The molecule has 0 radical (unpaired) electrons. The highest BCUT2D eigenvalue weighted by Gasteiger charge is 2.19. The third-order valence-electron chi connectivity index (χ3n) is 3.09. The monoisotopic (exact) mass is 236 g/mol. The van der Waals surface area contributed by atoms with E-state index in [-0.39, 0.29) is 16.7 Å². The number of nitro benzene ring substituents is 1. The topological polar surface area (TPSA) is 66.6 Å². The maximum absolute atomic E-state index is 10.8. The van der Waals surface area contributed by atoms with E-state index in [2.05, 4.69) is 4.90 Å². The fourth-order valence-corrected chi connectivity index (χ4v) is 2.16. The molecule has 1 fully saturated rings. The summed E-state index contributed by atoms with van der Waals surface area (Å²) in [6, 6.07) is 5.12. The molecule has 17 heavy (non-hydrogen) atoms. The Morgan fingerprint density at radius 3 is 2.59 bits per heavy atom. The van der Waals surface area contributed by atoms with Crippen LogP contribution in [0.4, 0.5) is 11.4 Å². The van der Waals surface area contributed by atoms with Crippen LogP contribution < -0.4 is 4.90 Å². The van der Waals surface area contributed by atoms with Gasteiger partial charge in [-0.2, -0.15) is 0 Å². The van der Waals surface area contributed by atoms with Crippen LogP contribution in [0.1, 0.15) is 18.4 Å². The smallest absolute Gasteiger partial charge is 0.271 e. The van der Waals surface area contributed by atoms with Crippen molar-refractivity contribution in [3.05, 3.63) is 33.9 Å². The molecular formula is C12H16N2O3. The van der Waals surface area contributed by atoms with Crippen molar-refractivity contribution in [1.29, 1.82) is 0 Å². The van der Waals surface area contributed by atoms with Crippen LogP contribution in [0.2, 0.25) is 0 Å². The summed E-state index contributed by atoms with van der Waals surface area (Å²) in [6.45, 7) is 3.36. The average molecular weight is 236 g/mol. The number of hydrogen-bond donors (Lipinski definition) is 1. The van der Waals surface area contributed by atoms with Crippen LogP contribution in [-0.4, -0.2) is 29.2 Å². The fourth-order valence-electron chi connectivity index (χ4n) is 2.16. The first-order valence-electron chi connectivity index (χ1n) is 5.75. The lowest BCUT2D eigenvalue weighted by Gasteiger charge is -2.31. The molecule has 0 bridgehead atoms. The standard InChI is InChI=1S/C12H16N2O3/c1-9-6-10(8-11(7-9)14(16)17)13-4-2-12(15)3-5-13/h6-8,12,15H,2-5H2,1H3. The molecule has 0 aromatic heterocycles. The van der Waals surface area contributed by atoms with Crippen molar-refractivity contribution in [2.24, 2.45) is 0 Å². The Bertz CT molecular complexity index is 426. The van der Waals surface area contributed by atoms with Crippen molar-refractivity contribution in [2.75, 3.05) is 18.0 Å². The molecule has 1 aliphatic rings. The van der Waals surface area contributed by atoms with Crippen molar-refractivity contribution < 1.29 is 10.0 Å². The van der Waals surface area contributed by atoms with E-state index < -0.39 is 0 Å². The van der Waals surface area contributed by atoms with E-state index in [1.54, 1.807) is 12.1 Å². The Kier molecular flexibility index (Phi) is 3.28. The van der Waals surface area contributed by atoms with Gasteiger partial charge in [-0.3, -0.25) is 10.1 Å². The molecular weight excluding hydrogens is 220 g/mol. The van der Waals surface area contributed by atoms with E-state index in [4.69, 9.17) is 0 Å². The van der Waals surface area contributed by atoms with Crippen molar-refractivity contribution in [3.63, 3.8) is 0 Å². The molecule has 1 saturated heterocycles. The van der Waals surface area contributed by atoms with Crippen LogP contribution in [0.15, 0.2) is 18.2 Å². The summed E-state index contributed by atoms with van der Waals surface area (Å²) in [5.74, 6) is 0. The number of aryl methyl sites for hydroxylation is 1. The minimum Gasteiger partial charge on any atom is -0.393 e. The number of piperidine rings is 1. The van der Waals surface area contributed by atoms with Gasteiger partial charge in [0.1, 0.15) is 0 Å². The zero-order chi connectivity index (χ0) is 12.4. The number of nitro groups is 1. The summed E-state index contributed by atoms with van der Waals surface area (Å²) >= 11 is 0. The molecule has 2 rings (SSSR count). The van der Waals surface area contributed by atoms with E-state index in [1.807, 2.05) is 13.0 Å². The average Bonchev–Trinajstić information content (AvgIpc) is 2.29. The van der Waals surface area contributed by atoms with Crippen LogP contribution in [0.25, 0.3) is 0 Å². The van der Waals surface area contributed by atoms with Crippen molar-refractivity contribution in [3.8, 4) is 0 Å². The Morgan fingerprint density at radius 2 is 2.00 bits per heavy atom. The Hall–Kier alpha value is -1.62. The fraction of sp³-hybridized carbons (Fsp3) is 0.500. The van der Waals surface area contributed by atoms with Gasteiger partial charge in [-0.05, 0) is 31.4 Å². The zero-order valence-electron chi connectivity index (χ0n) is 9.80. The first kappa shape index (κ1) is 11.9. The SMILES string of the molecule is Cc1cc(N2CCC(O)CC2)cc([N+](=O)[O-])c1. The molecule has 0 unspecified atom stereocenters. The second-order valence-electron chi connectivity index (χ2n) is 4.50. The van der Waals surface area contributed by atoms with Gasteiger partial charge < -0.3 is 10.0 Å². The number of non-ortho nitro benzene ring substituents is 1. The molecule has 5 heteroatoms. The van der Waals surface area contributed by atoms with Gasteiger partial charge in [0, 0.05) is 30.9 Å². The first-order chi connectivity index (χ1) is 8.06. The Morgan fingerprint density at radius 1 is 1.35 bits per heavy atom. The third-order valence-corrected chi connectivity index (χ3v) is 3.09. The maximum atomic E-state index is 10.8. The second kappa shape index (κ2) is 4.71. The zero-order valence-corrected chi connectivity index (χ0v) is 9.80. The number of anilines is 1. The molecule has 1 heterocycles. The molecule has 0 atom stereocenters. The number of benzene rings is 1. The van der Waals surface area contributed by atoms with Gasteiger partial charge in [0.15, 0.2) is 0 Å². The lowest BCUT2D eigenvalue weighted by atomic mass is 10.1. The molecule has 0 spiro atoms. The minimum absolute atomic E-state index is 0.131. The Balaban J connectivity index is 2.23. The lowest BCUT2D eigenvalue weighted by molar-refractivity contribution is -0.384. The van der Waals surface area contributed by atoms with Crippen LogP contribution in [0.5, 0.6) is 0 Å². The third kappa shape index (κ3) is 2.74. The molecule has 92 valence electrons. The number of aliphatic hydroxyl groups excluding tert-OH is 1. The van der Waals surface area contributed by atoms with Crippen LogP contribution in [-0.2, 0) is 0 Å². The van der Waals surface area contributed by atoms with E-state index in [1.165, 1.54) is 0 Å². The predicted molar refractivity (Wildman–Crippen MR) is 65.3 cm³/mol. The van der Waals surface area contributed by atoms with Gasteiger partial charge in [-0.25, -0.2) is 0 Å². The Labute approximate surface area is 99.8 Å². The summed E-state index contributed by atoms with van der Waals surface area (Å²) in [5, 5.41) is 20.2. The molecule has 1 aromatic carbocycles.